The zero-order valence-corrected chi connectivity index (χ0v) is 15.2. The van der Waals surface area contributed by atoms with Crippen LogP contribution in [0.15, 0.2) is 59.6 Å². The molecule has 0 aliphatic heterocycles. The fraction of sp³-hybridized carbons (Fsp3) is 0.250. The Labute approximate surface area is 166 Å². The summed E-state index contributed by atoms with van der Waals surface area (Å²) in [4.78, 5) is 16.0. The summed E-state index contributed by atoms with van der Waals surface area (Å²) >= 11 is 0. The van der Waals surface area contributed by atoms with E-state index in [9.17, 15) is 40.8 Å². The SMILES string of the molecule is Cc1ccc(N=C(c2ccccc2)C(C#N)C(=O)C(F)(F)C(F)(F)C(F)(F)F)cc1. The Morgan fingerprint density at radius 2 is 1.47 bits per heavy atom. The maximum atomic E-state index is 14.0. The van der Waals surface area contributed by atoms with Crippen LogP contribution >= 0.6 is 0 Å². The lowest BCUT2D eigenvalue weighted by Gasteiger charge is -2.28. The predicted molar refractivity (Wildman–Crippen MR) is 93.9 cm³/mol. The van der Waals surface area contributed by atoms with Crippen molar-refractivity contribution in [3.05, 3.63) is 65.7 Å². The number of carbonyl (C=O) groups excluding carboxylic acids is 1. The molecule has 0 aliphatic carbocycles. The molecule has 0 amide bonds. The van der Waals surface area contributed by atoms with Gasteiger partial charge in [0.05, 0.1) is 17.5 Å². The Kier molecular flexibility index (Phi) is 6.35. The monoisotopic (exact) mass is 430 g/mol. The van der Waals surface area contributed by atoms with Gasteiger partial charge in [0.1, 0.15) is 0 Å². The lowest BCUT2D eigenvalue weighted by molar-refractivity contribution is -0.343. The minimum atomic E-state index is -6.70. The molecule has 1 atom stereocenters. The molecule has 0 saturated heterocycles. The molecule has 2 rings (SSSR count). The zero-order valence-electron chi connectivity index (χ0n) is 15.2. The quantitative estimate of drug-likeness (QED) is 0.439. The second-order valence-corrected chi connectivity index (χ2v) is 6.27. The number of hydrogen-bond donors (Lipinski definition) is 0. The molecule has 158 valence electrons. The number of nitrogens with zero attached hydrogens (tertiary/aromatic N) is 2. The van der Waals surface area contributed by atoms with E-state index in [0.717, 1.165) is 11.6 Å². The molecular weight excluding hydrogens is 417 g/mol. The average molecular weight is 430 g/mol. The van der Waals surface area contributed by atoms with Gasteiger partial charge in [-0.25, -0.2) is 0 Å². The summed E-state index contributed by atoms with van der Waals surface area (Å²) in [5.74, 6) is -18.4. The van der Waals surface area contributed by atoms with Gasteiger partial charge in [0.2, 0.25) is 5.78 Å². The summed E-state index contributed by atoms with van der Waals surface area (Å²) in [5.41, 5.74) is 0.131. The molecule has 0 radical (unpaired) electrons. The first-order valence-electron chi connectivity index (χ1n) is 8.30. The first-order valence-corrected chi connectivity index (χ1v) is 8.30. The first kappa shape index (κ1) is 23.1. The number of nitriles is 1. The molecule has 0 saturated carbocycles. The van der Waals surface area contributed by atoms with Crippen molar-refractivity contribution in [2.24, 2.45) is 10.9 Å². The fourth-order valence-electron chi connectivity index (χ4n) is 2.42. The van der Waals surface area contributed by atoms with E-state index in [2.05, 4.69) is 4.99 Å². The number of Topliss-reactive ketones (excluding diaryl/α,β-unsaturated/α-hetero) is 1. The van der Waals surface area contributed by atoms with Crippen molar-refractivity contribution >= 4 is 17.2 Å². The van der Waals surface area contributed by atoms with Crippen LogP contribution in [-0.4, -0.2) is 29.5 Å². The largest absolute Gasteiger partial charge is 0.460 e. The molecule has 0 heterocycles. The van der Waals surface area contributed by atoms with Gasteiger partial charge < -0.3 is 0 Å². The van der Waals surface area contributed by atoms with Crippen LogP contribution in [0.1, 0.15) is 11.1 Å². The third-order valence-electron chi connectivity index (χ3n) is 4.08. The van der Waals surface area contributed by atoms with Gasteiger partial charge in [0.25, 0.3) is 0 Å². The molecule has 30 heavy (non-hydrogen) atoms. The molecule has 10 heteroatoms. The first-order chi connectivity index (χ1) is 13.8. The highest BCUT2D eigenvalue weighted by Gasteiger charge is 2.76. The van der Waals surface area contributed by atoms with Crippen molar-refractivity contribution in [3.8, 4) is 6.07 Å². The molecule has 0 spiro atoms. The highest BCUT2D eigenvalue weighted by Crippen LogP contribution is 2.48. The molecular formula is C20H13F7N2O. The van der Waals surface area contributed by atoms with Crippen molar-refractivity contribution in [3.63, 3.8) is 0 Å². The summed E-state index contributed by atoms with van der Waals surface area (Å²) in [6.45, 7) is 1.73. The van der Waals surface area contributed by atoms with E-state index in [4.69, 9.17) is 0 Å². The summed E-state index contributed by atoms with van der Waals surface area (Å²) in [6.07, 6.45) is -6.70. The number of rotatable bonds is 6. The van der Waals surface area contributed by atoms with Crippen LogP contribution in [0, 0.1) is 24.2 Å². The van der Waals surface area contributed by atoms with Crippen molar-refractivity contribution in [1.29, 1.82) is 5.26 Å². The molecule has 1 unspecified atom stereocenters. The standard InChI is InChI=1S/C20H13F7N2O/c1-12-7-9-14(10-8-12)29-16(13-5-3-2-4-6-13)15(11-28)17(30)18(21,22)19(23,24)20(25,26)27/h2-10,15H,1H3. The van der Waals surface area contributed by atoms with Gasteiger partial charge in [-0.15, -0.1) is 0 Å². The highest BCUT2D eigenvalue weighted by atomic mass is 19.4. The number of ketones is 1. The Balaban J connectivity index is 2.63. The number of carbonyl (C=O) groups is 1. The summed E-state index contributed by atoms with van der Waals surface area (Å²) in [5, 5.41) is 9.27. The van der Waals surface area contributed by atoms with Gasteiger partial charge in [0, 0.05) is 0 Å². The van der Waals surface area contributed by atoms with E-state index in [1.54, 1.807) is 19.1 Å². The Morgan fingerprint density at radius 1 is 0.933 bits per heavy atom. The maximum absolute atomic E-state index is 14.0. The Hall–Kier alpha value is -3.22. The van der Waals surface area contributed by atoms with Crippen LogP contribution in [0.4, 0.5) is 36.4 Å². The molecule has 3 nitrogen and oxygen atoms in total. The molecule has 0 aromatic heterocycles. The molecule has 0 aliphatic rings. The van der Waals surface area contributed by atoms with E-state index in [-0.39, 0.29) is 11.3 Å². The third-order valence-corrected chi connectivity index (χ3v) is 4.08. The highest BCUT2D eigenvalue weighted by molar-refractivity contribution is 6.18. The third kappa shape index (κ3) is 4.35. The molecule has 0 fully saturated rings. The van der Waals surface area contributed by atoms with Gasteiger partial charge in [-0.1, -0.05) is 48.0 Å². The normalized spacial score (nSPS) is 14.2. The maximum Gasteiger partial charge on any atom is 0.460 e. The number of hydrogen-bond acceptors (Lipinski definition) is 3. The summed E-state index contributed by atoms with van der Waals surface area (Å²) in [7, 11) is 0. The second-order valence-electron chi connectivity index (χ2n) is 6.27. The van der Waals surface area contributed by atoms with E-state index in [1.807, 2.05) is 0 Å². The van der Waals surface area contributed by atoms with Crippen LogP contribution in [0.3, 0.4) is 0 Å². The number of halogens is 7. The van der Waals surface area contributed by atoms with E-state index in [1.165, 1.54) is 42.5 Å². The van der Waals surface area contributed by atoms with Crippen LogP contribution in [0.25, 0.3) is 0 Å². The van der Waals surface area contributed by atoms with Crippen LogP contribution in [-0.2, 0) is 4.79 Å². The molecule has 0 bridgehead atoms. The number of aryl methyl sites for hydroxylation is 1. The summed E-state index contributed by atoms with van der Waals surface area (Å²) < 4.78 is 92.0. The smallest absolute Gasteiger partial charge is 0.291 e. The van der Waals surface area contributed by atoms with Crippen molar-refractivity contribution in [2.45, 2.75) is 24.9 Å². The van der Waals surface area contributed by atoms with Crippen LogP contribution in [0.5, 0.6) is 0 Å². The zero-order chi connectivity index (χ0) is 22.7. The van der Waals surface area contributed by atoms with E-state index in [0.29, 0.717) is 0 Å². The number of alkyl halides is 7. The Morgan fingerprint density at radius 3 is 1.93 bits per heavy atom. The molecule has 2 aromatic carbocycles. The van der Waals surface area contributed by atoms with Gasteiger partial charge in [-0.05, 0) is 24.6 Å². The van der Waals surface area contributed by atoms with Gasteiger partial charge in [-0.2, -0.15) is 36.0 Å². The predicted octanol–water partition coefficient (Wildman–Crippen LogP) is 5.66. The van der Waals surface area contributed by atoms with E-state index < -0.39 is 35.4 Å². The van der Waals surface area contributed by atoms with E-state index >= 15 is 0 Å². The van der Waals surface area contributed by atoms with Gasteiger partial charge in [-0.3, -0.25) is 9.79 Å². The minimum Gasteiger partial charge on any atom is -0.291 e. The number of benzene rings is 2. The summed E-state index contributed by atoms with van der Waals surface area (Å²) in [6, 6.07) is 13.8. The van der Waals surface area contributed by atoms with Crippen molar-refractivity contribution in [1.82, 2.24) is 0 Å². The second kappa shape index (κ2) is 8.26. The Bertz CT molecular complexity index is 975. The lowest BCUT2D eigenvalue weighted by Crippen LogP contribution is -2.58. The topological polar surface area (TPSA) is 53.2 Å². The molecule has 0 N–H and O–H groups in total. The number of aliphatic imine (C=N–C) groups is 1. The van der Waals surface area contributed by atoms with Crippen molar-refractivity contribution in [2.75, 3.05) is 0 Å². The van der Waals surface area contributed by atoms with Crippen LogP contribution < -0.4 is 0 Å². The van der Waals surface area contributed by atoms with Crippen molar-refractivity contribution < 1.29 is 35.5 Å². The van der Waals surface area contributed by atoms with Gasteiger partial charge >= 0.3 is 18.0 Å². The molecule has 2 aromatic rings. The minimum absolute atomic E-state index is 0.0656. The lowest BCUT2D eigenvalue weighted by atomic mass is 9.88. The van der Waals surface area contributed by atoms with Gasteiger partial charge in [0.15, 0.2) is 5.92 Å². The fourth-order valence-corrected chi connectivity index (χ4v) is 2.42. The average Bonchev–Trinajstić information content (AvgIpc) is 2.68. The van der Waals surface area contributed by atoms with Crippen LogP contribution in [0.2, 0.25) is 0 Å².